The molecule has 0 amide bonds. The zero-order valence-corrected chi connectivity index (χ0v) is 15.3. The maximum Gasteiger partial charge on any atom is 0.335 e. The molecule has 2 saturated carbocycles. The maximum atomic E-state index is 11.2. The van der Waals surface area contributed by atoms with Crippen molar-refractivity contribution in [2.24, 2.45) is 17.8 Å². The number of hydrogen-bond donors (Lipinski definition) is 2. The lowest BCUT2D eigenvalue weighted by Crippen LogP contribution is -2.36. The standard InChI is InChI=1S/C23H25NO2/c1-12-3-4-13(2)21-18(12)19-16-9-10-17(11-16)20(19)22(24-21)14-5-7-15(8-6-14)23(25)26/h3-8,16-17,19-20,22,24H,9-11H2,1-2H3,(H,25,26)/t16-,17-,19+,20-,22+/m0/s1. The van der Waals surface area contributed by atoms with Gasteiger partial charge in [-0.05, 0) is 91.2 Å². The number of fused-ring (bicyclic) bond motifs is 7. The lowest BCUT2D eigenvalue weighted by Gasteiger charge is -2.44. The first-order valence-electron chi connectivity index (χ1n) is 9.74. The average molecular weight is 347 g/mol. The molecule has 0 radical (unpaired) electrons. The minimum atomic E-state index is -0.859. The van der Waals surface area contributed by atoms with Gasteiger partial charge in [0.1, 0.15) is 0 Å². The van der Waals surface area contributed by atoms with E-state index in [1.165, 1.54) is 41.6 Å². The first-order chi connectivity index (χ1) is 12.5. The molecule has 1 heterocycles. The molecular weight excluding hydrogens is 322 g/mol. The molecule has 3 heteroatoms. The van der Waals surface area contributed by atoms with E-state index in [1.54, 1.807) is 17.7 Å². The SMILES string of the molecule is Cc1ccc(C)c2c1N[C@H](c1ccc(C(=O)O)cc1)[C@H]1[C@H]3CC[C@@H](C3)[C@H]21. The molecule has 2 aromatic rings. The normalized spacial score (nSPS) is 31.2. The first kappa shape index (κ1) is 15.9. The van der Waals surface area contributed by atoms with Gasteiger partial charge in [0.05, 0.1) is 11.6 Å². The van der Waals surface area contributed by atoms with Crippen LogP contribution in [0.15, 0.2) is 36.4 Å². The summed E-state index contributed by atoms with van der Waals surface area (Å²) in [6.45, 7) is 4.45. The van der Waals surface area contributed by atoms with Gasteiger partial charge in [-0.25, -0.2) is 4.79 Å². The van der Waals surface area contributed by atoms with Crippen LogP contribution in [-0.2, 0) is 0 Å². The molecule has 1 aliphatic heterocycles. The van der Waals surface area contributed by atoms with Crippen molar-refractivity contribution >= 4 is 11.7 Å². The van der Waals surface area contributed by atoms with Crippen LogP contribution in [-0.4, -0.2) is 11.1 Å². The quantitative estimate of drug-likeness (QED) is 0.775. The third kappa shape index (κ3) is 2.16. The number of rotatable bonds is 2. The van der Waals surface area contributed by atoms with Crippen molar-refractivity contribution in [3.63, 3.8) is 0 Å². The van der Waals surface area contributed by atoms with Crippen LogP contribution in [0, 0.1) is 31.6 Å². The number of hydrogen-bond acceptors (Lipinski definition) is 2. The van der Waals surface area contributed by atoms with Gasteiger partial charge in [0.25, 0.3) is 0 Å². The molecule has 2 N–H and O–H groups in total. The Morgan fingerprint density at radius 1 is 1.00 bits per heavy atom. The van der Waals surface area contributed by atoms with Crippen molar-refractivity contribution < 1.29 is 9.90 Å². The van der Waals surface area contributed by atoms with Crippen molar-refractivity contribution in [1.29, 1.82) is 0 Å². The summed E-state index contributed by atoms with van der Waals surface area (Å²) in [5.41, 5.74) is 7.21. The molecule has 3 aliphatic rings. The van der Waals surface area contributed by atoms with E-state index in [4.69, 9.17) is 0 Å². The van der Waals surface area contributed by atoms with Crippen LogP contribution in [0.2, 0.25) is 0 Å². The topological polar surface area (TPSA) is 49.3 Å². The number of aryl methyl sites for hydroxylation is 2. The van der Waals surface area contributed by atoms with Gasteiger partial charge in [-0.15, -0.1) is 0 Å². The van der Waals surface area contributed by atoms with E-state index in [2.05, 4.69) is 31.3 Å². The molecule has 0 aromatic heterocycles. The van der Waals surface area contributed by atoms with Crippen molar-refractivity contribution in [3.8, 4) is 0 Å². The number of aromatic carboxylic acids is 1. The highest BCUT2D eigenvalue weighted by atomic mass is 16.4. The summed E-state index contributed by atoms with van der Waals surface area (Å²) < 4.78 is 0. The summed E-state index contributed by atoms with van der Waals surface area (Å²) in [4.78, 5) is 11.2. The van der Waals surface area contributed by atoms with E-state index >= 15 is 0 Å². The van der Waals surface area contributed by atoms with Crippen molar-refractivity contribution in [2.45, 2.75) is 45.1 Å². The Kier molecular flexibility index (Phi) is 3.43. The molecule has 2 aliphatic carbocycles. The number of carboxylic acid groups (broad SMARTS) is 1. The second-order valence-electron chi connectivity index (χ2n) is 8.47. The fourth-order valence-corrected chi connectivity index (χ4v) is 6.09. The Hall–Kier alpha value is -2.29. The molecule has 26 heavy (non-hydrogen) atoms. The van der Waals surface area contributed by atoms with Gasteiger partial charge < -0.3 is 10.4 Å². The van der Waals surface area contributed by atoms with E-state index in [0.29, 0.717) is 17.4 Å². The predicted molar refractivity (Wildman–Crippen MR) is 103 cm³/mol. The number of carbonyl (C=O) groups is 1. The van der Waals surface area contributed by atoms with E-state index in [0.717, 1.165) is 11.8 Å². The van der Waals surface area contributed by atoms with Crippen LogP contribution >= 0.6 is 0 Å². The molecule has 2 fully saturated rings. The molecular formula is C23H25NO2. The number of benzene rings is 2. The largest absolute Gasteiger partial charge is 0.478 e. The van der Waals surface area contributed by atoms with Crippen LogP contribution in [0.25, 0.3) is 0 Å². The third-order valence-corrected chi connectivity index (χ3v) is 7.19. The fraction of sp³-hybridized carbons (Fsp3) is 0.435. The summed E-state index contributed by atoms with van der Waals surface area (Å²) in [6, 6.07) is 12.3. The first-order valence-corrected chi connectivity index (χ1v) is 9.74. The third-order valence-electron chi connectivity index (χ3n) is 7.19. The van der Waals surface area contributed by atoms with Crippen LogP contribution < -0.4 is 5.32 Å². The molecule has 0 unspecified atom stereocenters. The molecule has 3 nitrogen and oxygen atoms in total. The van der Waals surface area contributed by atoms with Crippen LogP contribution in [0.4, 0.5) is 5.69 Å². The summed E-state index contributed by atoms with van der Waals surface area (Å²) in [5, 5.41) is 13.1. The smallest absolute Gasteiger partial charge is 0.335 e. The molecule has 134 valence electrons. The van der Waals surface area contributed by atoms with Crippen LogP contribution in [0.1, 0.15) is 63.8 Å². The lowest BCUT2D eigenvalue weighted by atomic mass is 9.67. The van der Waals surface area contributed by atoms with Gasteiger partial charge in [-0.3, -0.25) is 0 Å². The van der Waals surface area contributed by atoms with Gasteiger partial charge in [0, 0.05) is 5.69 Å². The van der Waals surface area contributed by atoms with Gasteiger partial charge in [0.2, 0.25) is 0 Å². The van der Waals surface area contributed by atoms with Crippen LogP contribution in [0.5, 0.6) is 0 Å². The summed E-state index contributed by atoms with van der Waals surface area (Å²) in [6.07, 6.45) is 4.06. The predicted octanol–water partition coefficient (Wildman–Crippen LogP) is 5.30. The van der Waals surface area contributed by atoms with Gasteiger partial charge in [0.15, 0.2) is 0 Å². The number of carboxylic acids is 1. The van der Waals surface area contributed by atoms with Crippen molar-refractivity contribution in [2.75, 3.05) is 5.32 Å². The minimum absolute atomic E-state index is 0.283. The second-order valence-corrected chi connectivity index (χ2v) is 8.47. The minimum Gasteiger partial charge on any atom is -0.478 e. The fourth-order valence-electron chi connectivity index (χ4n) is 6.09. The van der Waals surface area contributed by atoms with E-state index in [9.17, 15) is 9.90 Å². The Bertz CT molecular complexity index is 886. The van der Waals surface area contributed by atoms with Crippen molar-refractivity contribution in [3.05, 3.63) is 64.2 Å². The van der Waals surface area contributed by atoms with Gasteiger partial charge >= 0.3 is 5.97 Å². The monoisotopic (exact) mass is 347 g/mol. The van der Waals surface area contributed by atoms with Gasteiger partial charge in [-0.2, -0.15) is 0 Å². The number of anilines is 1. The highest BCUT2D eigenvalue weighted by Gasteiger charge is 2.54. The Balaban J connectivity index is 1.63. The zero-order chi connectivity index (χ0) is 18.0. The molecule has 0 spiro atoms. The zero-order valence-electron chi connectivity index (χ0n) is 15.3. The summed E-state index contributed by atoms with van der Waals surface area (Å²) in [7, 11) is 0. The maximum absolute atomic E-state index is 11.2. The van der Waals surface area contributed by atoms with Crippen molar-refractivity contribution in [1.82, 2.24) is 0 Å². The lowest BCUT2D eigenvalue weighted by molar-refractivity contribution is 0.0697. The Morgan fingerprint density at radius 3 is 2.42 bits per heavy atom. The van der Waals surface area contributed by atoms with E-state index in [1.807, 2.05) is 12.1 Å². The summed E-state index contributed by atoms with van der Waals surface area (Å²) in [5.74, 6) is 2.01. The number of nitrogens with one attached hydrogen (secondary N) is 1. The highest BCUT2D eigenvalue weighted by molar-refractivity contribution is 5.87. The molecule has 5 atom stereocenters. The van der Waals surface area contributed by atoms with E-state index in [-0.39, 0.29) is 6.04 Å². The highest BCUT2D eigenvalue weighted by Crippen LogP contribution is 2.64. The molecule has 2 bridgehead atoms. The Labute approximate surface area is 154 Å². The van der Waals surface area contributed by atoms with E-state index < -0.39 is 5.97 Å². The molecule has 0 saturated heterocycles. The van der Waals surface area contributed by atoms with Gasteiger partial charge in [-0.1, -0.05) is 24.3 Å². The Morgan fingerprint density at radius 2 is 1.69 bits per heavy atom. The second kappa shape index (κ2) is 5.60. The molecule has 2 aromatic carbocycles. The average Bonchev–Trinajstić information content (AvgIpc) is 3.26. The summed E-state index contributed by atoms with van der Waals surface area (Å²) >= 11 is 0. The van der Waals surface area contributed by atoms with Crippen LogP contribution in [0.3, 0.4) is 0 Å². The molecule has 5 rings (SSSR count).